The Hall–Kier alpha value is -2.36. The highest BCUT2D eigenvalue weighted by molar-refractivity contribution is 5.48. The van der Waals surface area contributed by atoms with Crippen molar-refractivity contribution in [2.24, 2.45) is 0 Å². The van der Waals surface area contributed by atoms with E-state index >= 15 is 0 Å². The molecule has 0 saturated carbocycles. The van der Waals surface area contributed by atoms with Gasteiger partial charge in [0.15, 0.2) is 11.5 Å². The maximum atomic E-state index is 5.68. The molecular weight excluding hydrogens is 230 g/mol. The molecule has 2 aromatic rings. The molecule has 0 atom stereocenters. The second-order valence-electron chi connectivity index (χ2n) is 3.69. The average molecular weight is 245 g/mol. The molecule has 94 valence electrons. The van der Waals surface area contributed by atoms with Crippen molar-refractivity contribution in [2.75, 3.05) is 20.0 Å². The van der Waals surface area contributed by atoms with Crippen molar-refractivity contribution in [2.45, 2.75) is 0 Å². The highest BCUT2D eigenvalue weighted by Crippen LogP contribution is 2.33. The van der Waals surface area contributed by atoms with Crippen LogP contribution in [0.25, 0.3) is 0 Å². The minimum absolute atomic E-state index is 0.630. The van der Waals surface area contributed by atoms with E-state index in [1.165, 1.54) is 0 Å². The van der Waals surface area contributed by atoms with Crippen molar-refractivity contribution < 1.29 is 14.2 Å². The van der Waals surface area contributed by atoms with Crippen LogP contribution in [0.1, 0.15) is 0 Å². The molecule has 0 unspecified atom stereocenters. The molecule has 0 aromatic heterocycles. The third-order valence-corrected chi connectivity index (χ3v) is 2.47. The van der Waals surface area contributed by atoms with Crippen LogP contribution < -0.4 is 19.9 Å². The van der Waals surface area contributed by atoms with Crippen LogP contribution in [0, 0.1) is 0 Å². The number of hydrogen-bond donors (Lipinski definition) is 1. The van der Waals surface area contributed by atoms with Crippen LogP contribution in [0.4, 0.5) is 5.69 Å². The number of benzene rings is 2. The second kappa shape index (κ2) is 5.31. The van der Waals surface area contributed by atoms with Crippen molar-refractivity contribution >= 4 is 5.69 Å². The Bertz CT molecular complexity index is 523. The number of rotatable bonds is 4. The van der Waals surface area contributed by atoms with Gasteiger partial charge < -0.3 is 19.9 Å². The highest BCUT2D eigenvalue weighted by Gasteiger charge is 2.05. The maximum Gasteiger partial charge on any atom is 0.164 e. The summed E-state index contributed by atoms with van der Waals surface area (Å²) in [4.78, 5) is 0. The highest BCUT2D eigenvalue weighted by atomic mass is 16.5. The molecule has 0 bridgehead atoms. The summed E-state index contributed by atoms with van der Waals surface area (Å²) in [6, 6.07) is 12.6. The first-order valence-electron chi connectivity index (χ1n) is 5.48. The first-order valence-corrected chi connectivity index (χ1v) is 5.48. The normalized spacial score (nSPS) is 9.89. The fourth-order valence-electron chi connectivity index (χ4n) is 1.55. The molecule has 0 aliphatic heterocycles. The Morgan fingerprint density at radius 3 is 2.00 bits per heavy atom. The summed E-state index contributed by atoms with van der Waals surface area (Å²) >= 11 is 0. The third-order valence-electron chi connectivity index (χ3n) is 2.47. The monoisotopic (exact) mass is 245 g/mol. The first-order chi connectivity index (χ1) is 8.72. The zero-order chi connectivity index (χ0) is 13.0. The van der Waals surface area contributed by atoms with E-state index in [2.05, 4.69) is 0 Å². The molecule has 0 aliphatic carbocycles. The number of nitrogen functional groups attached to an aromatic ring is 1. The SMILES string of the molecule is COc1ccc(Oc2ccc(N)cc2)cc1OC. The summed E-state index contributed by atoms with van der Waals surface area (Å²) in [5.74, 6) is 2.70. The van der Waals surface area contributed by atoms with Crippen molar-refractivity contribution in [3.05, 3.63) is 42.5 Å². The molecule has 0 saturated heterocycles. The minimum atomic E-state index is 0.630. The van der Waals surface area contributed by atoms with Crippen molar-refractivity contribution in [3.63, 3.8) is 0 Å². The number of anilines is 1. The van der Waals surface area contributed by atoms with E-state index < -0.39 is 0 Å². The van der Waals surface area contributed by atoms with Crippen LogP contribution in [-0.2, 0) is 0 Å². The predicted molar refractivity (Wildman–Crippen MR) is 70.5 cm³/mol. The number of methoxy groups -OCH3 is 2. The molecule has 4 heteroatoms. The van der Waals surface area contributed by atoms with Crippen molar-refractivity contribution in [1.29, 1.82) is 0 Å². The molecule has 2 N–H and O–H groups in total. The largest absolute Gasteiger partial charge is 0.493 e. The number of ether oxygens (including phenoxy) is 3. The Kier molecular flexibility index (Phi) is 3.57. The quantitative estimate of drug-likeness (QED) is 0.841. The van der Waals surface area contributed by atoms with Crippen LogP contribution in [0.15, 0.2) is 42.5 Å². The van der Waals surface area contributed by atoms with E-state index in [0.29, 0.717) is 22.9 Å². The molecule has 0 amide bonds. The number of nitrogens with two attached hydrogens (primary N) is 1. The topological polar surface area (TPSA) is 53.7 Å². The zero-order valence-corrected chi connectivity index (χ0v) is 10.3. The van der Waals surface area contributed by atoms with Gasteiger partial charge in [-0.2, -0.15) is 0 Å². The van der Waals surface area contributed by atoms with Gasteiger partial charge in [-0.15, -0.1) is 0 Å². The molecule has 2 rings (SSSR count). The van der Waals surface area contributed by atoms with Gasteiger partial charge in [-0.25, -0.2) is 0 Å². The fraction of sp³-hybridized carbons (Fsp3) is 0.143. The van der Waals surface area contributed by atoms with Gasteiger partial charge >= 0.3 is 0 Å². The van der Waals surface area contributed by atoms with Crippen LogP contribution in [0.5, 0.6) is 23.0 Å². The van der Waals surface area contributed by atoms with E-state index in [9.17, 15) is 0 Å². The lowest BCUT2D eigenvalue weighted by Gasteiger charge is -2.10. The number of hydrogen-bond acceptors (Lipinski definition) is 4. The molecule has 0 radical (unpaired) electrons. The summed E-state index contributed by atoms with van der Waals surface area (Å²) in [6.07, 6.45) is 0. The lowest BCUT2D eigenvalue weighted by molar-refractivity contribution is 0.352. The van der Waals surface area contributed by atoms with Gasteiger partial charge in [0.05, 0.1) is 14.2 Å². The lowest BCUT2D eigenvalue weighted by Crippen LogP contribution is -1.92. The smallest absolute Gasteiger partial charge is 0.164 e. The molecule has 0 heterocycles. The molecule has 4 nitrogen and oxygen atoms in total. The molecule has 0 fully saturated rings. The van der Waals surface area contributed by atoms with Gasteiger partial charge in [0.2, 0.25) is 0 Å². The molecule has 0 aliphatic rings. The Morgan fingerprint density at radius 1 is 0.778 bits per heavy atom. The van der Waals surface area contributed by atoms with Gasteiger partial charge in [0.1, 0.15) is 11.5 Å². The second-order valence-corrected chi connectivity index (χ2v) is 3.69. The third kappa shape index (κ3) is 2.66. The standard InChI is InChI=1S/C14H15NO3/c1-16-13-8-7-12(9-14(13)17-2)18-11-5-3-10(15)4-6-11/h3-9H,15H2,1-2H3. The van der Waals surface area contributed by atoms with E-state index in [0.717, 1.165) is 5.75 Å². The summed E-state index contributed by atoms with van der Waals surface area (Å²) in [6.45, 7) is 0. The first kappa shape index (κ1) is 12.1. The molecule has 2 aromatic carbocycles. The molecule has 18 heavy (non-hydrogen) atoms. The summed E-state index contributed by atoms with van der Waals surface area (Å²) in [5, 5.41) is 0. The van der Waals surface area contributed by atoms with Crippen LogP contribution in [0.3, 0.4) is 0 Å². The predicted octanol–water partition coefficient (Wildman–Crippen LogP) is 3.08. The van der Waals surface area contributed by atoms with Gasteiger partial charge in [-0.3, -0.25) is 0 Å². The summed E-state index contributed by atoms with van der Waals surface area (Å²) in [5.41, 5.74) is 6.31. The van der Waals surface area contributed by atoms with Crippen molar-refractivity contribution in [1.82, 2.24) is 0 Å². The Balaban J connectivity index is 2.21. The van der Waals surface area contributed by atoms with Crippen LogP contribution >= 0.6 is 0 Å². The molecule has 0 spiro atoms. The van der Waals surface area contributed by atoms with Crippen molar-refractivity contribution in [3.8, 4) is 23.0 Å². The van der Waals surface area contributed by atoms with Crippen LogP contribution in [-0.4, -0.2) is 14.2 Å². The van der Waals surface area contributed by atoms with E-state index in [4.69, 9.17) is 19.9 Å². The molecular formula is C14H15NO3. The zero-order valence-electron chi connectivity index (χ0n) is 10.3. The summed E-state index contributed by atoms with van der Waals surface area (Å²) in [7, 11) is 3.18. The van der Waals surface area contributed by atoms with E-state index in [1.54, 1.807) is 38.5 Å². The Morgan fingerprint density at radius 2 is 1.39 bits per heavy atom. The minimum Gasteiger partial charge on any atom is -0.493 e. The van der Waals surface area contributed by atoms with Crippen LogP contribution in [0.2, 0.25) is 0 Å². The fourth-order valence-corrected chi connectivity index (χ4v) is 1.55. The van der Waals surface area contributed by atoms with Gasteiger partial charge in [-0.1, -0.05) is 0 Å². The van der Waals surface area contributed by atoms with Gasteiger partial charge in [0, 0.05) is 11.8 Å². The van der Waals surface area contributed by atoms with E-state index in [1.807, 2.05) is 18.2 Å². The van der Waals surface area contributed by atoms with Gasteiger partial charge in [0.25, 0.3) is 0 Å². The average Bonchev–Trinajstić information content (AvgIpc) is 2.41. The Labute approximate surface area is 106 Å². The van der Waals surface area contributed by atoms with Gasteiger partial charge in [-0.05, 0) is 36.4 Å². The lowest BCUT2D eigenvalue weighted by atomic mass is 10.3. The van der Waals surface area contributed by atoms with E-state index in [-0.39, 0.29) is 0 Å². The maximum absolute atomic E-state index is 5.68. The summed E-state index contributed by atoms with van der Waals surface area (Å²) < 4.78 is 16.1.